The summed E-state index contributed by atoms with van der Waals surface area (Å²) >= 11 is 6.05. The summed E-state index contributed by atoms with van der Waals surface area (Å²) in [7, 11) is 0. The van der Waals surface area contributed by atoms with Gasteiger partial charge >= 0.3 is 0 Å². The van der Waals surface area contributed by atoms with E-state index in [2.05, 4.69) is 0 Å². The molecule has 0 saturated heterocycles. The average Bonchev–Trinajstić information content (AvgIpc) is 2.42. The number of halogens is 3. The van der Waals surface area contributed by atoms with E-state index < -0.39 is 0 Å². The zero-order valence-corrected chi connectivity index (χ0v) is 12.8. The largest absolute Gasteiger partial charge is 0.327 e. The van der Waals surface area contributed by atoms with E-state index in [0.29, 0.717) is 11.4 Å². The van der Waals surface area contributed by atoms with Crippen molar-refractivity contribution in [2.24, 2.45) is 5.73 Å². The van der Waals surface area contributed by atoms with Gasteiger partial charge in [-0.1, -0.05) is 43.6 Å². The summed E-state index contributed by atoms with van der Waals surface area (Å²) in [4.78, 5) is 0. The number of rotatable bonds is 4. The molecule has 1 unspecified atom stereocenters. The van der Waals surface area contributed by atoms with Gasteiger partial charge in [0.15, 0.2) is 0 Å². The quantitative estimate of drug-likeness (QED) is 0.886. The van der Waals surface area contributed by atoms with E-state index in [1.54, 1.807) is 18.2 Å². The highest BCUT2D eigenvalue weighted by atomic mass is 35.5. The molecule has 0 aliphatic rings. The summed E-state index contributed by atoms with van der Waals surface area (Å²) in [6, 6.07) is 10.4. The monoisotopic (exact) mass is 309 g/mol. The third-order valence-corrected chi connectivity index (χ3v) is 4.32. The van der Waals surface area contributed by atoms with Crippen LogP contribution in [0, 0.1) is 11.6 Å². The number of hydrogen-bond donors (Lipinski definition) is 1. The predicted molar refractivity (Wildman–Crippen MR) is 82.5 cm³/mol. The second kappa shape index (κ2) is 6.12. The first-order valence-electron chi connectivity index (χ1n) is 6.76. The van der Waals surface area contributed by atoms with E-state index in [1.165, 1.54) is 24.3 Å². The summed E-state index contributed by atoms with van der Waals surface area (Å²) in [5, 5.41) is 0.375. The molecule has 0 aromatic heterocycles. The molecule has 2 aromatic rings. The molecule has 2 N–H and O–H groups in total. The maximum Gasteiger partial charge on any atom is 0.124 e. The summed E-state index contributed by atoms with van der Waals surface area (Å²) in [5.74, 6) is -0.639. The lowest BCUT2D eigenvalue weighted by Gasteiger charge is -2.32. The molecule has 1 nitrogen and oxygen atoms in total. The molecular formula is C17H18ClF2N. The van der Waals surface area contributed by atoms with Gasteiger partial charge in [-0.3, -0.25) is 0 Å². The summed E-state index contributed by atoms with van der Waals surface area (Å²) in [6.07, 6.45) is 0.517. The molecule has 0 fully saturated rings. The Kier molecular flexibility index (Phi) is 4.64. The topological polar surface area (TPSA) is 26.0 Å². The molecule has 0 spiro atoms. The van der Waals surface area contributed by atoms with Gasteiger partial charge in [-0.15, -0.1) is 0 Å². The van der Waals surface area contributed by atoms with Crippen LogP contribution in [0.2, 0.25) is 5.02 Å². The van der Waals surface area contributed by atoms with Crippen molar-refractivity contribution in [2.45, 2.75) is 31.7 Å². The molecule has 0 radical (unpaired) electrons. The van der Waals surface area contributed by atoms with Crippen molar-refractivity contribution >= 4 is 11.6 Å². The van der Waals surface area contributed by atoms with Gasteiger partial charge in [0.1, 0.15) is 11.6 Å². The van der Waals surface area contributed by atoms with Crippen LogP contribution in [0.1, 0.15) is 25.0 Å². The normalized spacial score (nSPS) is 13.2. The van der Waals surface area contributed by atoms with Crippen molar-refractivity contribution in [1.29, 1.82) is 0 Å². The summed E-state index contributed by atoms with van der Waals surface area (Å²) in [6.45, 7) is 4.00. The molecule has 0 amide bonds. The molecular weight excluding hydrogens is 292 g/mol. The molecule has 2 rings (SSSR count). The van der Waals surface area contributed by atoms with Crippen LogP contribution in [0.3, 0.4) is 0 Å². The minimum Gasteiger partial charge on any atom is -0.327 e. The fraction of sp³-hybridized carbons (Fsp3) is 0.294. The first kappa shape index (κ1) is 15.9. The van der Waals surface area contributed by atoms with Crippen molar-refractivity contribution < 1.29 is 8.78 Å². The highest BCUT2D eigenvalue weighted by Gasteiger charge is 2.29. The SMILES string of the molecule is CC(C)(c1ccc(F)cc1)C(N)Cc1ccc(F)cc1Cl. The van der Waals surface area contributed by atoms with Crippen LogP contribution in [0.4, 0.5) is 8.78 Å². The highest BCUT2D eigenvalue weighted by molar-refractivity contribution is 6.31. The molecule has 2 aromatic carbocycles. The number of hydrogen-bond acceptors (Lipinski definition) is 1. The number of benzene rings is 2. The number of nitrogens with two attached hydrogens (primary N) is 1. The smallest absolute Gasteiger partial charge is 0.124 e. The van der Waals surface area contributed by atoms with Crippen LogP contribution in [-0.4, -0.2) is 6.04 Å². The van der Waals surface area contributed by atoms with E-state index in [0.717, 1.165) is 11.1 Å². The van der Waals surface area contributed by atoms with E-state index in [9.17, 15) is 8.78 Å². The second-order valence-electron chi connectivity index (χ2n) is 5.77. The van der Waals surface area contributed by atoms with Crippen molar-refractivity contribution in [3.63, 3.8) is 0 Å². The molecule has 0 heterocycles. The summed E-state index contributed by atoms with van der Waals surface area (Å²) in [5.41, 5.74) is 7.72. The van der Waals surface area contributed by atoms with E-state index in [-0.39, 0.29) is 23.1 Å². The maximum atomic E-state index is 13.1. The molecule has 21 heavy (non-hydrogen) atoms. The van der Waals surface area contributed by atoms with Gasteiger partial charge in [0.2, 0.25) is 0 Å². The van der Waals surface area contributed by atoms with Gasteiger partial charge in [-0.05, 0) is 41.8 Å². The fourth-order valence-corrected chi connectivity index (χ4v) is 2.52. The molecule has 4 heteroatoms. The van der Waals surface area contributed by atoms with Gasteiger partial charge in [0.25, 0.3) is 0 Å². The minimum absolute atomic E-state index is 0.231. The molecule has 0 saturated carbocycles. The van der Waals surface area contributed by atoms with E-state index >= 15 is 0 Å². The van der Waals surface area contributed by atoms with Crippen LogP contribution in [0.25, 0.3) is 0 Å². The average molecular weight is 310 g/mol. The Balaban J connectivity index is 2.21. The van der Waals surface area contributed by atoms with Gasteiger partial charge in [-0.25, -0.2) is 8.78 Å². The lowest BCUT2D eigenvalue weighted by Crippen LogP contribution is -2.42. The van der Waals surface area contributed by atoms with Crippen molar-refractivity contribution in [3.8, 4) is 0 Å². The van der Waals surface area contributed by atoms with Crippen molar-refractivity contribution in [1.82, 2.24) is 0 Å². The Morgan fingerprint density at radius 2 is 1.62 bits per heavy atom. The zero-order valence-electron chi connectivity index (χ0n) is 12.0. The van der Waals surface area contributed by atoms with Crippen molar-refractivity contribution in [2.75, 3.05) is 0 Å². The first-order valence-corrected chi connectivity index (χ1v) is 7.14. The van der Waals surface area contributed by atoms with Crippen LogP contribution in [0.5, 0.6) is 0 Å². The first-order chi connectivity index (χ1) is 9.80. The standard InChI is InChI=1S/C17H18ClF2N/c1-17(2,12-4-7-13(19)8-5-12)16(21)9-11-3-6-14(20)10-15(11)18/h3-8,10,16H,9,21H2,1-2H3. The summed E-state index contributed by atoms with van der Waals surface area (Å²) < 4.78 is 26.1. The lowest BCUT2D eigenvalue weighted by atomic mass is 9.76. The van der Waals surface area contributed by atoms with Gasteiger partial charge in [0.05, 0.1) is 0 Å². The Bertz CT molecular complexity index is 623. The molecule has 1 atom stereocenters. The molecule has 112 valence electrons. The third-order valence-electron chi connectivity index (χ3n) is 3.97. The maximum absolute atomic E-state index is 13.1. The second-order valence-corrected chi connectivity index (χ2v) is 6.18. The van der Waals surface area contributed by atoms with E-state index in [4.69, 9.17) is 17.3 Å². The molecule has 0 aliphatic heterocycles. The Hall–Kier alpha value is -1.45. The van der Waals surface area contributed by atoms with Gasteiger partial charge in [-0.2, -0.15) is 0 Å². The van der Waals surface area contributed by atoms with Crippen LogP contribution in [-0.2, 0) is 11.8 Å². The fourth-order valence-electron chi connectivity index (χ4n) is 2.27. The third kappa shape index (κ3) is 3.60. The van der Waals surface area contributed by atoms with Crippen LogP contribution < -0.4 is 5.73 Å². The molecule has 0 bridgehead atoms. The predicted octanol–water partition coefficient (Wildman–Crippen LogP) is 4.47. The zero-order chi connectivity index (χ0) is 15.6. The van der Waals surface area contributed by atoms with Crippen molar-refractivity contribution in [3.05, 3.63) is 70.2 Å². The lowest BCUT2D eigenvalue weighted by molar-refractivity contribution is 0.406. The Labute approximate surface area is 128 Å². The highest BCUT2D eigenvalue weighted by Crippen LogP contribution is 2.29. The Morgan fingerprint density at radius 1 is 1.05 bits per heavy atom. The van der Waals surface area contributed by atoms with Crippen LogP contribution >= 0.6 is 11.6 Å². The van der Waals surface area contributed by atoms with Gasteiger partial charge < -0.3 is 5.73 Å². The minimum atomic E-state index is -0.366. The Morgan fingerprint density at radius 3 is 2.19 bits per heavy atom. The van der Waals surface area contributed by atoms with E-state index in [1.807, 2.05) is 13.8 Å². The van der Waals surface area contributed by atoms with Crippen LogP contribution in [0.15, 0.2) is 42.5 Å². The van der Waals surface area contributed by atoms with Gasteiger partial charge in [0, 0.05) is 16.5 Å². The molecule has 0 aliphatic carbocycles.